The molecular formula is C22H46O2S. The molecule has 0 spiro atoms. The molecule has 0 unspecified atom stereocenters. The summed E-state index contributed by atoms with van der Waals surface area (Å²) in [6.45, 7) is 8.28. The van der Waals surface area contributed by atoms with Crippen LogP contribution in [-0.2, 0) is 4.74 Å². The third-order valence-electron chi connectivity index (χ3n) is 4.75. The normalized spacial score (nSPS) is 12.7. The standard InChI is InChI=1S/C22H46O2S/c1-21(2,23)20-24-22(3,4)18-16-14-12-10-8-6-5-7-9-11-13-15-17-19-25/h23,25H,5-20H2,1-4H3. The first-order valence-corrected chi connectivity index (χ1v) is 11.4. The number of thiol groups is 1. The molecule has 3 heteroatoms. The van der Waals surface area contributed by atoms with Crippen molar-refractivity contribution in [3.05, 3.63) is 0 Å². The van der Waals surface area contributed by atoms with Crippen LogP contribution >= 0.6 is 12.6 Å². The average Bonchev–Trinajstić information content (AvgIpc) is 2.53. The number of rotatable bonds is 18. The summed E-state index contributed by atoms with van der Waals surface area (Å²) < 4.78 is 5.85. The molecule has 0 aliphatic heterocycles. The van der Waals surface area contributed by atoms with Gasteiger partial charge in [-0.2, -0.15) is 12.6 Å². The zero-order valence-corrected chi connectivity index (χ0v) is 18.5. The minimum absolute atomic E-state index is 0.118. The van der Waals surface area contributed by atoms with Gasteiger partial charge in [-0.3, -0.25) is 0 Å². The van der Waals surface area contributed by atoms with Crippen LogP contribution in [0.2, 0.25) is 0 Å². The van der Waals surface area contributed by atoms with Crippen LogP contribution in [-0.4, -0.2) is 28.7 Å². The van der Waals surface area contributed by atoms with Crippen molar-refractivity contribution >= 4 is 12.6 Å². The zero-order chi connectivity index (χ0) is 19.0. The lowest BCUT2D eigenvalue weighted by Gasteiger charge is -2.29. The van der Waals surface area contributed by atoms with E-state index in [0.29, 0.717) is 6.61 Å². The summed E-state index contributed by atoms with van der Waals surface area (Å²) in [7, 11) is 0. The molecule has 152 valence electrons. The maximum absolute atomic E-state index is 9.75. The molecule has 0 amide bonds. The van der Waals surface area contributed by atoms with Gasteiger partial charge in [-0.15, -0.1) is 0 Å². The molecule has 0 aromatic carbocycles. The lowest BCUT2D eigenvalue weighted by Crippen LogP contribution is -2.34. The van der Waals surface area contributed by atoms with E-state index in [1.807, 2.05) is 0 Å². The predicted octanol–water partition coefficient (Wildman–Crippen LogP) is 6.94. The molecule has 1 N–H and O–H groups in total. The van der Waals surface area contributed by atoms with Gasteiger partial charge in [0.2, 0.25) is 0 Å². The van der Waals surface area contributed by atoms with E-state index in [1.165, 1.54) is 83.5 Å². The van der Waals surface area contributed by atoms with Gasteiger partial charge >= 0.3 is 0 Å². The number of unbranched alkanes of at least 4 members (excludes halogenated alkanes) is 12. The van der Waals surface area contributed by atoms with Gasteiger partial charge in [0.05, 0.1) is 17.8 Å². The largest absolute Gasteiger partial charge is 0.388 e. The molecule has 0 rings (SSSR count). The molecule has 0 aromatic heterocycles. The van der Waals surface area contributed by atoms with Crippen LogP contribution in [0.3, 0.4) is 0 Å². The van der Waals surface area contributed by atoms with E-state index >= 15 is 0 Å². The van der Waals surface area contributed by atoms with Crippen molar-refractivity contribution in [2.45, 2.75) is 129 Å². The molecule has 0 aliphatic rings. The van der Waals surface area contributed by atoms with E-state index in [-0.39, 0.29) is 5.60 Å². The predicted molar refractivity (Wildman–Crippen MR) is 115 cm³/mol. The lowest BCUT2D eigenvalue weighted by atomic mass is 9.98. The summed E-state index contributed by atoms with van der Waals surface area (Å²) >= 11 is 4.25. The summed E-state index contributed by atoms with van der Waals surface area (Å²) in [5.41, 5.74) is -0.851. The Bertz CT molecular complexity index is 284. The second-order valence-corrected chi connectivity index (χ2v) is 9.38. The zero-order valence-electron chi connectivity index (χ0n) is 17.6. The fraction of sp³-hybridized carbons (Fsp3) is 1.00. The lowest BCUT2D eigenvalue weighted by molar-refractivity contribution is -0.0946. The second-order valence-electron chi connectivity index (χ2n) is 8.93. The highest BCUT2D eigenvalue weighted by Crippen LogP contribution is 2.21. The first kappa shape index (κ1) is 25.3. The Morgan fingerprint density at radius 1 is 0.640 bits per heavy atom. The molecule has 0 bridgehead atoms. The first-order chi connectivity index (χ1) is 11.8. The Labute approximate surface area is 163 Å². The molecule has 0 radical (unpaired) electrons. The summed E-state index contributed by atoms with van der Waals surface area (Å²) in [5, 5.41) is 9.75. The molecule has 0 aliphatic carbocycles. The maximum atomic E-state index is 9.75. The van der Waals surface area contributed by atoms with Crippen molar-refractivity contribution in [1.29, 1.82) is 0 Å². The van der Waals surface area contributed by atoms with Gasteiger partial charge in [0.15, 0.2) is 0 Å². The quantitative estimate of drug-likeness (QED) is 0.201. The van der Waals surface area contributed by atoms with Crippen LogP contribution < -0.4 is 0 Å². The third-order valence-corrected chi connectivity index (χ3v) is 5.07. The summed E-state index contributed by atoms with van der Waals surface area (Å²) in [6.07, 6.45) is 18.9. The van der Waals surface area contributed by atoms with Crippen LogP contribution in [0.5, 0.6) is 0 Å². The van der Waals surface area contributed by atoms with Crippen LogP contribution in [0.4, 0.5) is 0 Å². The molecule has 0 heterocycles. The summed E-state index contributed by atoms with van der Waals surface area (Å²) in [6, 6.07) is 0. The number of aliphatic hydroxyl groups is 1. The van der Waals surface area contributed by atoms with Crippen molar-refractivity contribution in [2.75, 3.05) is 12.4 Å². The number of ether oxygens (including phenoxy) is 1. The van der Waals surface area contributed by atoms with Gasteiger partial charge in [0.1, 0.15) is 0 Å². The molecule has 0 saturated heterocycles. The minimum atomic E-state index is -0.732. The highest BCUT2D eigenvalue weighted by atomic mass is 32.1. The smallest absolute Gasteiger partial charge is 0.0824 e. The Kier molecular flexibility index (Phi) is 15.5. The molecule has 25 heavy (non-hydrogen) atoms. The number of hydrogen-bond donors (Lipinski definition) is 2. The fourth-order valence-corrected chi connectivity index (χ4v) is 3.27. The van der Waals surface area contributed by atoms with E-state index in [9.17, 15) is 5.11 Å². The van der Waals surface area contributed by atoms with Crippen molar-refractivity contribution in [3.63, 3.8) is 0 Å². The van der Waals surface area contributed by atoms with Gasteiger partial charge in [0, 0.05) is 0 Å². The molecule has 0 fully saturated rings. The van der Waals surface area contributed by atoms with Crippen molar-refractivity contribution in [1.82, 2.24) is 0 Å². The summed E-state index contributed by atoms with van der Waals surface area (Å²) in [4.78, 5) is 0. The van der Waals surface area contributed by atoms with Crippen LogP contribution in [0.1, 0.15) is 118 Å². The Morgan fingerprint density at radius 2 is 1.00 bits per heavy atom. The van der Waals surface area contributed by atoms with Gasteiger partial charge in [-0.05, 0) is 46.3 Å². The van der Waals surface area contributed by atoms with Crippen molar-refractivity contribution in [3.8, 4) is 0 Å². The van der Waals surface area contributed by atoms with Gasteiger partial charge < -0.3 is 9.84 Å². The van der Waals surface area contributed by atoms with Gasteiger partial charge in [0.25, 0.3) is 0 Å². The highest BCUT2D eigenvalue weighted by molar-refractivity contribution is 7.80. The SMILES string of the molecule is CC(C)(O)COC(C)(C)CCCCCCCCCCCCCCCS. The Morgan fingerprint density at radius 3 is 1.36 bits per heavy atom. The second kappa shape index (κ2) is 15.3. The monoisotopic (exact) mass is 374 g/mol. The van der Waals surface area contributed by atoms with Gasteiger partial charge in [-0.1, -0.05) is 77.0 Å². The topological polar surface area (TPSA) is 29.5 Å². The Balaban J connectivity index is 3.30. The summed E-state index contributed by atoms with van der Waals surface area (Å²) in [5.74, 6) is 1.05. The fourth-order valence-electron chi connectivity index (χ4n) is 3.05. The van der Waals surface area contributed by atoms with E-state index in [4.69, 9.17) is 4.74 Å². The molecule has 0 aromatic rings. The van der Waals surface area contributed by atoms with Crippen molar-refractivity contribution < 1.29 is 9.84 Å². The van der Waals surface area contributed by atoms with E-state index < -0.39 is 5.60 Å². The van der Waals surface area contributed by atoms with E-state index in [2.05, 4.69) is 26.5 Å². The third kappa shape index (κ3) is 20.4. The van der Waals surface area contributed by atoms with Crippen LogP contribution in [0.15, 0.2) is 0 Å². The first-order valence-electron chi connectivity index (χ1n) is 10.7. The van der Waals surface area contributed by atoms with E-state index in [1.54, 1.807) is 13.8 Å². The molecule has 0 saturated carbocycles. The van der Waals surface area contributed by atoms with Crippen molar-refractivity contribution in [2.24, 2.45) is 0 Å². The van der Waals surface area contributed by atoms with Gasteiger partial charge in [-0.25, -0.2) is 0 Å². The van der Waals surface area contributed by atoms with Crippen LogP contribution in [0.25, 0.3) is 0 Å². The molecule has 2 nitrogen and oxygen atoms in total. The molecule has 0 atom stereocenters. The molecular weight excluding hydrogens is 328 g/mol. The Hall–Kier alpha value is 0.270. The van der Waals surface area contributed by atoms with Crippen LogP contribution in [0, 0.1) is 0 Å². The highest BCUT2D eigenvalue weighted by Gasteiger charge is 2.22. The number of hydrogen-bond acceptors (Lipinski definition) is 3. The maximum Gasteiger partial charge on any atom is 0.0824 e. The minimum Gasteiger partial charge on any atom is -0.388 e. The average molecular weight is 375 g/mol. The van der Waals surface area contributed by atoms with E-state index in [0.717, 1.165) is 12.2 Å².